The summed E-state index contributed by atoms with van der Waals surface area (Å²) in [7, 11) is 0. The fourth-order valence-electron chi connectivity index (χ4n) is 1.14. The van der Waals surface area contributed by atoms with Gasteiger partial charge in [-0.2, -0.15) is 0 Å². The fourth-order valence-corrected chi connectivity index (χ4v) is 1.14. The molecule has 0 saturated heterocycles. The van der Waals surface area contributed by atoms with E-state index in [0.29, 0.717) is 0 Å². The Morgan fingerprint density at radius 1 is 0.952 bits per heavy atom. The van der Waals surface area contributed by atoms with E-state index in [2.05, 4.69) is 41.6 Å². The molecule has 0 aliphatic carbocycles. The molecule has 0 atom stereocenters. The lowest BCUT2D eigenvalue weighted by Gasteiger charge is -2.02. The van der Waals surface area contributed by atoms with Crippen LogP contribution in [0.3, 0.4) is 0 Å². The number of rotatable bonds is 3. The summed E-state index contributed by atoms with van der Waals surface area (Å²) in [6, 6.07) is 3.31. The summed E-state index contributed by atoms with van der Waals surface area (Å²) in [5.74, 6) is 11.0. The third kappa shape index (κ3) is 5.14. The van der Waals surface area contributed by atoms with E-state index in [1.165, 1.54) is 0 Å². The van der Waals surface area contributed by atoms with Gasteiger partial charge in [-0.1, -0.05) is 0 Å². The van der Waals surface area contributed by atoms with Crippen LogP contribution in [0.15, 0.2) is 18.2 Å². The largest absolute Gasteiger partial charge is 0.478 e. The minimum absolute atomic E-state index is 0. The average molecular weight is 296 g/mol. The van der Waals surface area contributed by atoms with Crippen molar-refractivity contribution in [2.24, 2.45) is 0 Å². The predicted octanol–water partition coefficient (Wildman–Crippen LogP) is 3.28. The molecule has 5 heteroatoms. The number of ether oxygens (including phenoxy) is 1. The third-order valence-electron chi connectivity index (χ3n) is 1.94. The Hall–Kier alpha value is -3.80. The van der Waals surface area contributed by atoms with Crippen LogP contribution < -0.4 is 4.74 Å². The summed E-state index contributed by atoms with van der Waals surface area (Å²) in [4.78, 5) is 21.7. The Morgan fingerprint density at radius 3 is 2.00 bits per heavy atom. The molecule has 0 bridgehead atoms. The molecule has 0 spiro atoms. The Balaban J connectivity index is -0.0000000700. The number of hydrogen-bond donors (Lipinski definition) is 2. The molecule has 2 N–H and O–H groups in total. The van der Waals surface area contributed by atoms with Crippen molar-refractivity contribution < 1.29 is 37.4 Å². The van der Waals surface area contributed by atoms with E-state index in [9.17, 15) is 9.59 Å². The first-order valence-corrected chi connectivity index (χ1v) is 5.28. The zero-order valence-electron chi connectivity index (χ0n) is 10.4. The lowest BCUT2D eigenvalue weighted by atomic mass is 10.1. The van der Waals surface area contributed by atoms with Gasteiger partial charge in [0.1, 0.15) is 11.9 Å². The van der Waals surface area contributed by atoms with Crippen molar-refractivity contribution in [3.8, 4) is 53.8 Å². The number of carbonyl (C=O) groups is 2. The Labute approximate surface area is 133 Å². The molecule has 1 rings (SSSR count). The summed E-state index contributed by atoms with van der Waals surface area (Å²) >= 11 is 0. The fraction of sp³-hybridized carbons (Fsp3) is 0. The van der Waals surface area contributed by atoms with Gasteiger partial charge in [0, 0.05) is 30.6 Å². The molecular formula is C16H24O5. The van der Waals surface area contributed by atoms with E-state index in [-0.39, 0.29) is 29.7 Å². The summed E-state index contributed by atoms with van der Waals surface area (Å²) in [5, 5.41) is 17.7. The van der Waals surface area contributed by atoms with Crippen LogP contribution in [0.25, 0.3) is 0 Å². The van der Waals surface area contributed by atoms with Crippen LogP contribution in [0.5, 0.6) is 5.75 Å². The topological polar surface area (TPSA) is 83.8 Å². The predicted molar refractivity (Wildman–Crippen MR) is 92.2 cm³/mol. The minimum atomic E-state index is -1.28. The number of terminal acetylenes is 1. The van der Waals surface area contributed by atoms with Crippen LogP contribution in [0, 0.1) is 48.1 Å². The van der Waals surface area contributed by atoms with Crippen molar-refractivity contribution in [3.63, 3.8) is 0 Å². The normalized spacial score (nSPS) is 7.57. The second-order valence-electron chi connectivity index (χ2n) is 3.33. The standard InChI is InChI=1S/C16H6O5.9H2/c1-2-3-4-5-6-7-8-21-14-10-12(15(17)18)9-13(11-14)16(19)20;;;;;;;;;/h1,9-11H,(H,17,18)(H,19,20);9*1H. The third-order valence-corrected chi connectivity index (χ3v) is 1.94. The second kappa shape index (κ2) is 7.59. The van der Waals surface area contributed by atoms with Crippen LogP contribution in [-0.2, 0) is 0 Å². The Morgan fingerprint density at radius 2 is 1.48 bits per heavy atom. The molecule has 0 aliphatic heterocycles. The zero-order valence-corrected chi connectivity index (χ0v) is 10.4. The lowest BCUT2D eigenvalue weighted by Crippen LogP contribution is -2.03. The van der Waals surface area contributed by atoms with Gasteiger partial charge >= 0.3 is 11.9 Å². The number of hydrogen-bond acceptors (Lipinski definition) is 3. The van der Waals surface area contributed by atoms with Gasteiger partial charge in [0.15, 0.2) is 0 Å². The van der Waals surface area contributed by atoms with E-state index in [0.717, 1.165) is 18.2 Å². The number of carboxylic acids is 2. The van der Waals surface area contributed by atoms with Gasteiger partial charge in [0.05, 0.1) is 11.1 Å². The molecule has 0 aliphatic rings. The first-order valence-electron chi connectivity index (χ1n) is 5.28. The highest BCUT2D eigenvalue weighted by Gasteiger charge is 2.11. The van der Waals surface area contributed by atoms with Gasteiger partial charge < -0.3 is 14.9 Å². The molecular weight excluding hydrogens is 272 g/mol. The summed E-state index contributed by atoms with van der Waals surface area (Å²) < 4.78 is 4.92. The SMILES string of the molecule is C#CC#CC#CC#COc1cc(C(=O)O)cc(C(=O)O)c1.[HH].[HH].[HH].[HH].[HH].[HH].[HH].[HH].[HH]. The van der Waals surface area contributed by atoms with Crippen LogP contribution in [0.4, 0.5) is 0 Å². The van der Waals surface area contributed by atoms with Gasteiger partial charge in [-0.05, 0) is 36.0 Å². The van der Waals surface area contributed by atoms with Gasteiger partial charge in [-0.3, -0.25) is 0 Å². The number of carboxylic acid groups (broad SMARTS) is 2. The molecule has 0 unspecified atom stereocenters. The van der Waals surface area contributed by atoms with Crippen LogP contribution in [0.2, 0.25) is 0 Å². The Bertz CT molecular complexity index is 802. The molecule has 0 saturated carbocycles. The molecule has 0 amide bonds. The summed E-state index contributed by atoms with van der Waals surface area (Å²) in [6.45, 7) is 0. The zero-order chi connectivity index (χ0) is 15.7. The first kappa shape index (κ1) is 15.3. The van der Waals surface area contributed by atoms with Gasteiger partial charge in [0.25, 0.3) is 0 Å². The number of benzene rings is 1. The summed E-state index contributed by atoms with van der Waals surface area (Å²) in [6.07, 6.45) is 7.06. The Kier molecular flexibility index (Phi) is 5.52. The lowest BCUT2D eigenvalue weighted by molar-refractivity contribution is 0.0696. The highest BCUT2D eigenvalue weighted by molar-refractivity contribution is 5.94. The second-order valence-corrected chi connectivity index (χ2v) is 3.33. The molecule has 0 heterocycles. The molecule has 0 aromatic heterocycles. The van der Waals surface area contributed by atoms with Crippen LogP contribution >= 0.6 is 0 Å². The first-order chi connectivity index (χ1) is 10.0. The van der Waals surface area contributed by atoms with Crippen molar-refractivity contribution in [1.29, 1.82) is 0 Å². The molecule has 1 aromatic rings. The highest BCUT2D eigenvalue weighted by Crippen LogP contribution is 2.17. The van der Waals surface area contributed by atoms with Crippen LogP contribution in [-0.4, -0.2) is 22.2 Å². The number of aromatic carboxylic acids is 2. The maximum absolute atomic E-state index is 10.9. The molecule has 0 radical (unpaired) electrons. The van der Waals surface area contributed by atoms with Crippen molar-refractivity contribution >= 4 is 11.9 Å². The summed E-state index contributed by atoms with van der Waals surface area (Å²) in [5.41, 5.74) is -0.449. The van der Waals surface area contributed by atoms with E-state index in [1.54, 1.807) is 0 Å². The van der Waals surface area contributed by atoms with Crippen molar-refractivity contribution in [2.75, 3.05) is 0 Å². The molecule has 0 fully saturated rings. The molecule has 5 nitrogen and oxygen atoms in total. The smallest absolute Gasteiger partial charge is 0.335 e. The minimum Gasteiger partial charge on any atom is -0.478 e. The van der Waals surface area contributed by atoms with Gasteiger partial charge in [0.2, 0.25) is 0 Å². The van der Waals surface area contributed by atoms with E-state index < -0.39 is 11.9 Å². The van der Waals surface area contributed by atoms with Gasteiger partial charge in [-0.25, -0.2) is 9.59 Å². The van der Waals surface area contributed by atoms with E-state index >= 15 is 0 Å². The highest BCUT2D eigenvalue weighted by atomic mass is 16.5. The van der Waals surface area contributed by atoms with Crippen LogP contribution in [0.1, 0.15) is 33.6 Å². The van der Waals surface area contributed by atoms with Crippen molar-refractivity contribution in [1.82, 2.24) is 0 Å². The van der Waals surface area contributed by atoms with E-state index in [4.69, 9.17) is 21.4 Å². The van der Waals surface area contributed by atoms with E-state index in [1.807, 2.05) is 0 Å². The van der Waals surface area contributed by atoms with Crippen molar-refractivity contribution in [2.45, 2.75) is 0 Å². The van der Waals surface area contributed by atoms with Crippen molar-refractivity contribution in [3.05, 3.63) is 29.3 Å². The maximum Gasteiger partial charge on any atom is 0.335 e. The average Bonchev–Trinajstić information content (AvgIpc) is 2.46. The monoisotopic (exact) mass is 296 g/mol. The quantitative estimate of drug-likeness (QED) is 0.836. The molecule has 21 heavy (non-hydrogen) atoms. The maximum atomic E-state index is 10.9. The molecule has 118 valence electrons. The molecule has 1 aromatic carbocycles. The van der Waals surface area contributed by atoms with Gasteiger partial charge in [-0.15, -0.1) is 6.42 Å².